The van der Waals surface area contributed by atoms with Crippen LogP contribution in [0.25, 0.3) is 10.8 Å². The molecule has 2 heterocycles. The highest BCUT2D eigenvalue weighted by Gasteiger charge is 2.20. The molecule has 0 aliphatic carbocycles. The van der Waals surface area contributed by atoms with Crippen molar-refractivity contribution in [3.8, 4) is 0 Å². The molecule has 0 spiro atoms. The number of fused-ring (bicyclic) bond motifs is 2. The molecule has 5 rings (SSSR count). The topological polar surface area (TPSA) is 53.4 Å². The van der Waals surface area contributed by atoms with Gasteiger partial charge in [0.1, 0.15) is 27.1 Å². The van der Waals surface area contributed by atoms with E-state index in [1.807, 2.05) is 30.5 Å². The maximum absolute atomic E-state index is 4.80. The van der Waals surface area contributed by atoms with E-state index in [0.717, 1.165) is 17.2 Å². The Bertz CT molecular complexity index is 1180. The summed E-state index contributed by atoms with van der Waals surface area (Å²) in [6.45, 7) is 2.12. The van der Waals surface area contributed by atoms with E-state index >= 15 is 0 Å². The van der Waals surface area contributed by atoms with Crippen LogP contribution >= 0.6 is 21.3 Å². The molecule has 0 bridgehead atoms. The average molecular weight is 479 g/mol. The van der Waals surface area contributed by atoms with Gasteiger partial charge in [-0.25, -0.2) is 8.13 Å². The lowest BCUT2D eigenvalue weighted by molar-refractivity contribution is 0.861. The molecule has 0 unspecified atom stereocenters. The fourth-order valence-corrected chi connectivity index (χ4v) is 5.21. The summed E-state index contributed by atoms with van der Waals surface area (Å²) in [5, 5.41) is 5.85. The quantitative estimate of drug-likeness (QED) is 0.263. The molecule has 6 heteroatoms. The van der Waals surface area contributed by atoms with E-state index in [0.29, 0.717) is 5.95 Å². The molecule has 1 aliphatic rings. The molecule has 1 aliphatic heterocycles. The van der Waals surface area contributed by atoms with Crippen molar-refractivity contribution in [2.75, 3.05) is 8.43 Å². The lowest BCUT2D eigenvalue weighted by atomic mass is 10.1. The van der Waals surface area contributed by atoms with Crippen LogP contribution in [0, 0.1) is 0 Å². The number of hydrogen-bond acceptors (Lipinski definition) is 5. The molecule has 0 saturated heterocycles. The number of anilines is 3. The van der Waals surface area contributed by atoms with Gasteiger partial charge >= 0.3 is 0 Å². The predicted molar refractivity (Wildman–Crippen MR) is 123 cm³/mol. The molecule has 1 aromatic heterocycles. The molecule has 0 radical (unpaired) electrons. The highest BCUT2D eigenvalue weighted by atomic mass is 127. The van der Waals surface area contributed by atoms with Gasteiger partial charge in [-0.05, 0) is 35.4 Å². The van der Waals surface area contributed by atoms with E-state index in [1.54, 1.807) is 0 Å². The lowest BCUT2D eigenvalue weighted by Gasteiger charge is -2.17. The summed E-state index contributed by atoms with van der Waals surface area (Å²) in [7, 11) is 0. The SMILES string of the molecule is C[C@H](Nc1nccc(N2I=Nc3cc4ccccc4cc32)n1)c1ccccc1. The van der Waals surface area contributed by atoms with Crippen molar-refractivity contribution in [1.29, 1.82) is 0 Å². The third-order valence-corrected chi connectivity index (χ3v) is 6.93. The van der Waals surface area contributed by atoms with Crippen LogP contribution in [-0.4, -0.2) is 9.97 Å². The summed E-state index contributed by atoms with van der Waals surface area (Å²) in [5.74, 6) is 1.52. The summed E-state index contributed by atoms with van der Waals surface area (Å²) in [6, 6.07) is 25.2. The first-order valence-electron chi connectivity index (χ1n) is 9.11. The summed E-state index contributed by atoms with van der Waals surface area (Å²) in [4.78, 5) is 9.19. The number of hydrogen-bond donors (Lipinski definition) is 1. The van der Waals surface area contributed by atoms with Crippen molar-refractivity contribution in [3.05, 3.63) is 84.6 Å². The van der Waals surface area contributed by atoms with Gasteiger partial charge in [0, 0.05) is 12.3 Å². The van der Waals surface area contributed by atoms with Gasteiger partial charge in [-0.1, -0.05) is 54.6 Å². The first kappa shape index (κ1) is 17.2. The van der Waals surface area contributed by atoms with Gasteiger partial charge < -0.3 is 5.32 Å². The van der Waals surface area contributed by atoms with Crippen molar-refractivity contribution >= 4 is 55.2 Å². The van der Waals surface area contributed by atoms with Crippen LogP contribution in [0.2, 0.25) is 0 Å². The minimum absolute atomic E-state index is 0.130. The van der Waals surface area contributed by atoms with E-state index in [2.05, 4.69) is 68.9 Å². The molecule has 4 aromatic rings. The largest absolute Gasteiger partial charge is 0.348 e. The number of aromatic nitrogens is 2. The highest BCUT2D eigenvalue weighted by molar-refractivity contribution is 14.2. The monoisotopic (exact) mass is 479 g/mol. The zero-order valence-electron chi connectivity index (χ0n) is 15.2. The van der Waals surface area contributed by atoms with E-state index < -0.39 is 21.3 Å². The summed E-state index contributed by atoms with van der Waals surface area (Å²) in [6.07, 6.45) is 1.81. The Balaban J connectivity index is 1.45. The summed E-state index contributed by atoms with van der Waals surface area (Å²) >= 11 is -0.534. The van der Waals surface area contributed by atoms with Crippen LogP contribution < -0.4 is 8.43 Å². The molecule has 5 nitrogen and oxygen atoms in total. The summed E-state index contributed by atoms with van der Waals surface area (Å²) < 4.78 is 7.04. The Hall–Kier alpha value is -2.87. The second-order valence-corrected chi connectivity index (χ2v) is 8.52. The third kappa shape index (κ3) is 3.24. The predicted octanol–water partition coefficient (Wildman–Crippen LogP) is 6.66. The van der Waals surface area contributed by atoms with Crippen molar-refractivity contribution in [2.24, 2.45) is 3.15 Å². The van der Waals surface area contributed by atoms with Gasteiger partial charge in [-0.15, -0.1) is 0 Å². The fourth-order valence-electron chi connectivity index (χ4n) is 3.27. The number of benzene rings is 3. The molecule has 28 heavy (non-hydrogen) atoms. The Labute approximate surface area is 174 Å². The minimum Gasteiger partial charge on any atom is -0.348 e. The zero-order valence-corrected chi connectivity index (χ0v) is 17.4. The van der Waals surface area contributed by atoms with E-state index in [1.165, 1.54) is 16.3 Å². The van der Waals surface area contributed by atoms with E-state index in [9.17, 15) is 0 Å². The number of halogens is 1. The molecule has 0 fully saturated rings. The van der Waals surface area contributed by atoms with Crippen LogP contribution in [-0.2, 0) is 0 Å². The van der Waals surface area contributed by atoms with Crippen LogP contribution in [0.15, 0.2) is 82.1 Å². The minimum atomic E-state index is -0.534. The highest BCUT2D eigenvalue weighted by Crippen LogP contribution is 2.48. The second kappa shape index (κ2) is 7.27. The molecule has 3 aromatic carbocycles. The van der Waals surface area contributed by atoms with Crippen molar-refractivity contribution in [3.63, 3.8) is 0 Å². The van der Waals surface area contributed by atoms with Crippen molar-refractivity contribution in [1.82, 2.24) is 9.97 Å². The first-order chi connectivity index (χ1) is 13.8. The standard InChI is InChI=1S/C22H18IN5/c1-15(16-7-3-2-4-8-16)25-22-24-12-11-21(26-22)28-20-14-18-10-6-5-9-17(18)13-19(20)27-23-28/h2-15H,1H3,(H,24,25,26)/t15-/m0/s1. The van der Waals surface area contributed by atoms with E-state index in [4.69, 9.17) is 8.13 Å². The second-order valence-electron chi connectivity index (χ2n) is 6.64. The molecule has 0 saturated carbocycles. The Morgan fingerprint density at radius 2 is 1.68 bits per heavy atom. The van der Waals surface area contributed by atoms with Gasteiger partial charge in [0.05, 0.1) is 17.4 Å². The van der Waals surface area contributed by atoms with Crippen LogP contribution in [0.4, 0.5) is 23.1 Å². The Morgan fingerprint density at radius 1 is 0.929 bits per heavy atom. The molecule has 1 N–H and O–H groups in total. The van der Waals surface area contributed by atoms with Crippen molar-refractivity contribution in [2.45, 2.75) is 13.0 Å². The average Bonchev–Trinajstić information content (AvgIpc) is 3.15. The number of nitrogens with one attached hydrogen (secondary N) is 1. The third-order valence-electron chi connectivity index (χ3n) is 4.75. The molecular weight excluding hydrogens is 461 g/mol. The van der Waals surface area contributed by atoms with Gasteiger partial charge in [-0.3, -0.25) is 3.11 Å². The molecular formula is C22H18IN5. The van der Waals surface area contributed by atoms with Gasteiger partial charge in [-0.2, -0.15) is 4.98 Å². The van der Waals surface area contributed by atoms with Crippen LogP contribution in [0.5, 0.6) is 0 Å². The molecule has 1 atom stereocenters. The van der Waals surface area contributed by atoms with E-state index in [-0.39, 0.29) is 6.04 Å². The van der Waals surface area contributed by atoms with Crippen molar-refractivity contribution < 1.29 is 0 Å². The summed E-state index contributed by atoms with van der Waals surface area (Å²) in [5.41, 5.74) is 3.39. The van der Waals surface area contributed by atoms with Gasteiger partial charge in [0.2, 0.25) is 5.95 Å². The maximum atomic E-state index is 4.80. The van der Waals surface area contributed by atoms with Gasteiger partial charge in [0.15, 0.2) is 0 Å². The Morgan fingerprint density at radius 3 is 2.50 bits per heavy atom. The molecule has 0 amide bonds. The maximum Gasteiger partial charge on any atom is 0.225 e. The lowest BCUT2D eigenvalue weighted by Crippen LogP contribution is -2.11. The number of nitrogens with zero attached hydrogens (tertiary/aromatic N) is 4. The fraction of sp³-hybridized carbons (Fsp3) is 0.0909. The molecule has 138 valence electrons. The first-order valence-corrected chi connectivity index (χ1v) is 11.0. The Kier molecular flexibility index (Phi) is 4.48. The van der Waals surface area contributed by atoms with Gasteiger partial charge in [0.25, 0.3) is 0 Å². The number of rotatable bonds is 4. The smallest absolute Gasteiger partial charge is 0.225 e. The normalized spacial score (nSPS) is 13.8. The zero-order chi connectivity index (χ0) is 18.9. The van der Waals surface area contributed by atoms with Crippen LogP contribution in [0.3, 0.4) is 0 Å². The van der Waals surface area contributed by atoms with Crippen LogP contribution in [0.1, 0.15) is 18.5 Å².